The zero-order valence-corrected chi connectivity index (χ0v) is 11.9. The first-order valence-corrected chi connectivity index (χ1v) is 7.16. The van der Waals surface area contributed by atoms with E-state index in [1.54, 1.807) is 6.33 Å². The van der Waals surface area contributed by atoms with Crippen LogP contribution in [-0.2, 0) is 6.42 Å². The Morgan fingerprint density at radius 1 is 1.28 bits per heavy atom. The SMILES string of the molecule is CCCc1cc(NC2CCC(C)(C)CC2)ncn1. The minimum absolute atomic E-state index is 0.525. The van der Waals surface area contributed by atoms with Gasteiger partial charge in [-0.05, 0) is 37.5 Å². The summed E-state index contributed by atoms with van der Waals surface area (Å²) in [6.45, 7) is 6.92. The van der Waals surface area contributed by atoms with Gasteiger partial charge in [0.05, 0.1) is 0 Å². The minimum atomic E-state index is 0.525. The smallest absolute Gasteiger partial charge is 0.129 e. The molecule has 3 heteroatoms. The summed E-state index contributed by atoms with van der Waals surface area (Å²) >= 11 is 0. The fraction of sp³-hybridized carbons (Fsp3) is 0.733. The van der Waals surface area contributed by atoms with Gasteiger partial charge in [0.15, 0.2) is 0 Å². The number of hydrogen-bond donors (Lipinski definition) is 1. The van der Waals surface area contributed by atoms with E-state index in [4.69, 9.17) is 0 Å². The third-order valence-corrected chi connectivity index (χ3v) is 3.92. The summed E-state index contributed by atoms with van der Waals surface area (Å²) in [4.78, 5) is 8.62. The Kier molecular flexibility index (Phi) is 4.20. The van der Waals surface area contributed by atoms with Crippen LogP contribution in [0.3, 0.4) is 0 Å². The zero-order valence-electron chi connectivity index (χ0n) is 11.9. The Bertz CT molecular complexity index is 377. The summed E-state index contributed by atoms with van der Waals surface area (Å²) in [5.74, 6) is 0.998. The Hall–Kier alpha value is -1.12. The van der Waals surface area contributed by atoms with E-state index in [0.29, 0.717) is 11.5 Å². The fourth-order valence-electron chi connectivity index (χ4n) is 2.62. The van der Waals surface area contributed by atoms with Gasteiger partial charge in [0, 0.05) is 17.8 Å². The molecule has 0 radical (unpaired) electrons. The fourth-order valence-corrected chi connectivity index (χ4v) is 2.62. The minimum Gasteiger partial charge on any atom is -0.367 e. The summed E-state index contributed by atoms with van der Waals surface area (Å²) < 4.78 is 0. The van der Waals surface area contributed by atoms with E-state index in [2.05, 4.69) is 42.1 Å². The zero-order chi connectivity index (χ0) is 13.0. The van der Waals surface area contributed by atoms with Gasteiger partial charge in [0.2, 0.25) is 0 Å². The van der Waals surface area contributed by atoms with Crippen molar-refractivity contribution in [3.63, 3.8) is 0 Å². The molecule has 1 aliphatic carbocycles. The first-order valence-electron chi connectivity index (χ1n) is 7.16. The normalized spacial score (nSPS) is 19.7. The number of hydrogen-bond acceptors (Lipinski definition) is 3. The molecule has 0 atom stereocenters. The molecule has 0 aliphatic heterocycles. The molecule has 1 heterocycles. The van der Waals surface area contributed by atoms with Crippen LogP contribution in [0.5, 0.6) is 0 Å². The Morgan fingerprint density at radius 3 is 2.67 bits per heavy atom. The molecule has 1 fully saturated rings. The van der Waals surface area contributed by atoms with E-state index in [9.17, 15) is 0 Å². The molecule has 1 N–H and O–H groups in total. The summed E-state index contributed by atoms with van der Waals surface area (Å²) in [5.41, 5.74) is 1.67. The average molecular weight is 247 g/mol. The molecular weight excluding hydrogens is 222 g/mol. The van der Waals surface area contributed by atoms with Gasteiger partial charge >= 0.3 is 0 Å². The van der Waals surface area contributed by atoms with Crippen LogP contribution < -0.4 is 5.32 Å². The second kappa shape index (κ2) is 5.68. The summed E-state index contributed by atoms with van der Waals surface area (Å²) in [7, 11) is 0. The van der Waals surface area contributed by atoms with Gasteiger partial charge in [-0.1, -0.05) is 27.2 Å². The lowest BCUT2D eigenvalue weighted by molar-refractivity contribution is 0.232. The molecule has 3 nitrogen and oxygen atoms in total. The van der Waals surface area contributed by atoms with Crippen LogP contribution in [0.2, 0.25) is 0 Å². The van der Waals surface area contributed by atoms with Crippen molar-refractivity contribution >= 4 is 5.82 Å². The monoisotopic (exact) mass is 247 g/mol. The molecule has 0 spiro atoms. The quantitative estimate of drug-likeness (QED) is 0.879. The Morgan fingerprint density at radius 2 is 2.00 bits per heavy atom. The van der Waals surface area contributed by atoms with Gasteiger partial charge in [-0.3, -0.25) is 0 Å². The van der Waals surface area contributed by atoms with Crippen LogP contribution in [0.1, 0.15) is 58.6 Å². The highest BCUT2D eigenvalue weighted by atomic mass is 15.0. The van der Waals surface area contributed by atoms with Crippen LogP contribution in [0.4, 0.5) is 5.82 Å². The van der Waals surface area contributed by atoms with Gasteiger partial charge in [0.1, 0.15) is 12.1 Å². The van der Waals surface area contributed by atoms with Crippen LogP contribution >= 0.6 is 0 Å². The standard InChI is InChI=1S/C15H25N3/c1-4-5-13-10-14(17-11-16-13)18-12-6-8-15(2,3)9-7-12/h10-12H,4-9H2,1-3H3,(H,16,17,18). The predicted octanol–water partition coefficient (Wildman–Crippen LogP) is 3.81. The van der Waals surface area contributed by atoms with Crippen molar-refractivity contribution < 1.29 is 0 Å². The lowest BCUT2D eigenvalue weighted by Gasteiger charge is -2.34. The van der Waals surface area contributed by atoms with Crippen molar-refractivity contribution in [1.29, 1.82) is 0 Å². The van der Waals surface area contributed by atoms with Gasteiger partial charge < -0.3 is 5.32 Å². The highest BCUT2D eigenvalue weighted by Crippen LogP contribution is 2.35. The highest BCUT2D eigenvalue weighted by Gasteiger charge is 2.26. The molecule has 0 bridgehead atoms. The molecule has 1 aromatic heterocycles. The number of aryl methyl sites for hydroxylation is 1. The third-order valence-electron chi connectivity index (χ3n) is 3.92. The first-order chi connectivity index (χ1) is 8.59. The van der Waals surface area contributed by atoms with E-state index >= 15 is 0 Å². The molecule has 1 aromatic rings. The molecule has 1 aliphatic rings. The van der Waals surface area contributed by atoms with Crippen molar-refractivity contribution in [2.75, 3.05) is 5.32 Å². The van der Waals surface area contributed by atoms with E-state index < -0.39 is 0 Å². The van der Waals surface area contributed by atoms with Crippen LogP contribution in [0.25, 0.3) is 0 Å². The van der Waals surface area contributed by atoms with E-state index in [0.717, 1.165) is 24.4 Å². The van der Waals surface area contributed by atoms with E-state index in [1.165, 1.54) is 25.7 Å². The van der Waals surface area contributed by atoms with Gasteiger partial charge in [-0.25, -0.2) is 9.97 Å². The molecule has 0 saturated heterocycles. The molecule has 100 valence electrons. The van der Waals surface area contributed by atoms with Gasteiger partial charge in [0.25, 0.3) is 0 Å². The van der Waals surface area contributed by atoms with E-state index in [-0.39, 0.29) is 0 Å². The lowest BCUT2D eigenvalue weighted by atomic mass is 9.75. The Balaban J connectivity index is 1.91. The van der Waals surface area contributed by atoms with Crippen molar-refractivity contribution in [2.45, 2.75) is 65.3 Å². The van der Waals surface area contributed by atoms with Gasteiger partial charge in [-0.2, -0.15) is 0 Å². The lowest BCUT2D eigenvalue weighted by Crippen LogP contribution is -2.30. The summed E-state index contributed by atoms with van der Waals surface area (Å²) in [5, 5.41) is 3.57. The molecule has 18 heavy (non-hydrogen) atoms. The maximum Gasteiger partial charge on any atom is 0.129 e. The largest absolute Gasteiger partial charge is 0.367 e. The highest BCUT2D eigenvalue weighted by molar-refractivity contribution is 5.36. The van der Waals surface area contributed by atoms with Crippen LogP contribution in [0, 0.1) is 5.41 Å². The summed E-state index contributed by atoms with van der Waals surface area (Å²) in [6, 6.07) is 2.69. The number of aromatic nitrogens is 2. The maximum absolute atomic E-state index is 4.33. The molecule has 0 unspecified atom stereocenters. The second-order valence-electron chi connectivity index (χ2n) is 6.23. The Labute approximate surface area is 110 Å². The maximum atomic E-state index is 4.33. The van der Waals surface area contributed by atoms with Crippen LogP contribution in [-0.4, -0.2) is 16.0 Å². The number of anilines is 1. The number of nitrogens with zero attached hydrogens (tertiary/aromatic N) is 2. The first kappa shape index (κ1) is 13.3. The average Bonchev–Trinajstić information content (AvgIpc) is 2.33. The molecule has 0 aromatic carbocycles. The van der Waals surface area contributed by atoms with Crippen molar-refractivity contribution in [1.82, 2.24) is 9.97 Å². The molecule has 1 saturated carbocycles. The van der Waals surface area contributed by atoms with Crippen molar-refractivity contribution in [2.24, 2.45) is 5.41 Å². The van der Waals surface area contributed by atoms with Crippen LogP contribution in [0.15, 0.2) is 12.4 Å². The second-order valence-corrected chi connectivity index (χ2v) is 6.23. The predicted molar refractivity (Wildman–Crippen MR) is 75.7 cm³/mol. The van der Waals surface area contributed by atoms with Crippen molar-refractivity contribution in [3.05, 3.63) is 18.1 Å². The van der Waals surface area contributed by atoms with Crippen molar-refractivity contribution in [3.8, 4) is 0 Å². The number of nitrogens with one attached hydrogen (secondary N) is 1. The molecular formula is C15H25N3. The van der Waals surface area contributed by atoms with E-state index in [1.807, 2.05) is 0 Å². The topological polar surface area (TPSA) is 37.8 Å². The molecule has 2 rings (SSSR count). The molecule has 0 amide bonds. The van der Waals surface area contributed by atoms with Gasteiger partial charge in [-0.15, -0.1) is 0 Å². The third kappa shape index (κ3) is 3.69. The number of rotatable bonds is 4. The summed E-state index contributed by atoms with van der Waals surface area (Å²) in [6.07, 6.45) is 8.96.